The normalized spacial score (nSPS) is 30.0. The summed E-state index contributed by atoms with van der Waals surface area (Å²) in [6.07, 6.45) is 15.1. The molecule has 4 atom stereocenters. The number of unbranched alkanes of at least 4 members (excludes halogenated alkanes) is 6. The first-order chi connectivity index (χ1) is 14.0. The molecule has 2 aliphatic carbocycles. The van der Waals surface area contributed by atoms with Gasteiger partial charge in [0.05, 0.1) is 18.4 Å². The van der Waals surface area contributed by atoms with Gasteiger partial charge >= 0.3 is 11.9 Å². The van der Waals surface area contributed by atoms with Crippen LogP contribution in [0.15, 0.2) is 0 Å². The number of hydrogen-bond donors (Lipinski definition) is 0. The molecule has 0 amide bonds. The van der Waals surface area contributed by atoms with Crippen molar-refractivity contribution >= 4 is 11.9 Å². The van der Waals surface area contributed by atoms with Gasteiger partial charge in [-0.3, -0.25) is 9.59 Å². The van der Waals surface area contributed by atoms with E-state index in [0.29, 0.717) is 18.4 Å². The van der Waals surface area contributed by atoms with E-state index in [0.717, 1.165) is 51.4 Å². The highest BCUT2D eigenvalue weighted by Gasteiger charge is 2.39. The highest BCUT2D eigenvalue weighted by molar-refractivity contribution is 5.82. The standard InChI is InChI=1S/C25H44O4/c1-4-5-6-7-8-9-12-15-28-24(26)22-13-10-11-14-23(22)25(27)29-21-17-19(2)16-20(3)18-21/h19-23H,4-18H2,1-3H3. The van der Waals surface area contributed by atoms with E-state index in [-0.39, 0.29) is 29.9 Å². The Kier molecular flexibility index (Phi) is 11.1. The van der Waals surface area contributed by atoms with Crippen molar-refractivity contribution in [2.75, 3.05) is 6.61 Å². The molecule has 29 heavy (non-hydrogen) atoms. The molecule has 0 radical (unpaired) electrons. The van der Waals surface area contributed by atoms with Crippen molar-refractivity contribution in [3.05, 3.63) is 0 Å². The van der Waals surface area contributed by atoms with E-state index < -0.39 is 0 Å². The number of hydrogen-bond acceptors (Lipinski definition) is 4. The highest BCUT2D eigenvalue weighted by atomic mass is 16.5. The molecule has 4 unspecified atom stereocenters. The molecule has 0 aliphatic heterocycles. The van der Waals surface area contributed by atoms with Crippen LogP contribution in [0.3, 0.4) is 0 Å². The molecule has 2 aliphatic rings. The largest absolute Gasteiger partial charge is 0.465 e. The van der Waals surface area contributed by atoms with E-state index in [9.17, 15) is 9.59 Å². The summed E-state index contributed by atoms with van der Waals surface area (Å²) in [6, 6.07) is 0. The molecule has 0 aromatic rings. The quantitative estimate of drug-likeness (QED) is 0.291. The molecule has 0 N–H and O–H groups in total. The molecule has 0 bridgehead atoms. The zero-order valence-corrected chi connectivity index (χ0v) is 19.1. The minimum atomic E-state index is -0.308. The van der Waals surface area contributed by atoms with Crippen LogP contribution >= 0.6 is 0 Å². The second kappa shape index (κ2) is 13.3. The zero-order chi connectivity index (χ0) is 21.1. The molecule has 4 heteroatoms. The Morgan fingerprint density at radius 2 is 1.31 bits per heavy atom. The Labute approximate surface area is 178 Å². The first kappa shape index (κ1) is 24.2. The molecule has 0 heterocycles. The van der Waals surface area contributed by atoms with Crippen LogP contribution in [0.5, 0.6) is 0 Å². The summed E-state index contributed by atoms with van der Waals surface area (Å²) in [5.41, 5.74) is 0. The van der Waals surface area contributed by atoms with Crippen LogP contribution < -0.4 is 0 Å². The first-order valence-corrected chi connectivity index (χ1v) is 12.4. The third kappa shape index (κ3) is 8.68. The molecule has 0 aromatic heterocycles. The Balaban J connectivity index is 1.73. The van der Waals surface area contributed by atoms with Crippen LogP contribution in [0.1, 0.15) is 111 Å². The van der Waals surface area contributed by atoms with Gasteiger partial charge < -0.3 is 9.47 Å². The molecular formula is C25H44O4. The maximum atomic E-state index is 12.9. The van der Waals surface area contributed by atoms with Crippen molar-refractivity contribution in [1.82, 2.24) is 0 Å². The summed E-state index contributed by atoms with van der Waals surface area (Å²) in [5, 5.41) is 0. The molecule has 168 valence electrons. The molecule has 0 aromatic carbocycles. The van der Waals surface area contributed by atoms with E-state index in [1.165, 1.54) is 38.5 Å². The zero-order valence-electron chi connectivity index (χ0n) is 19.1. The Hall–Kier alpha value is -1.06. The fourth-order valence-corrected chi connectivity index (χ4v) is 5.26. The minimum absolute atomic E-state index is 0.0209. The lowest BCUT2D eigenvalue weighted by molar-refractivity contribution is -0.168. The first-order valence-electron chi connectivity index (χ1n) is 12.4. The van der Waals surface area contributed by atoms with Crippen molar-refractivity contribution < 1.29 is 19.1 Å². The SMILES string of the molecule is CCCCCCCCCOC(=O)C1CCCCC1C(=O)OC1CC(C)CC(C)C1. The fraction of sp³-hybridized carbons (Fsp3) is 0.920. The van der Waals surface area contributed by atoms with E-state index in [1.54, 1.807) is 0 Å². The van der Waals surface area contributed by atoms with Gasteiger partial charge in [-0.05, 0) is 50.4 Å². The highest BCUT2D eigenvalue weighted by Crippen LogP contribution is 2.35. The Bertz CT molecular complexity index is 479. The van der Waals surface area contributed by atoms with Gasteiger partial charge in [0.1, 0.15) is 6.10 Å². The van der Waals surface area contributed by atoms with Gasteiger partial charge in [0.15, 0.2) is 0 Å². The van der Waals surface area contributed by atoms with Crippen LogP contribution in [0, 0.1) is 23.7 Å². The molecule has 2 fully saturated rings. The average Bonchev–Trinajstić information content (AvgIpc) is 2.69. The topological polar surface area (TPSA) is 52.6 Å². The van der Waals surface area contributed by atoms with Crippen LogP contribution in [0.2, 0.25) is 0 Å². The lowest BCUT2D eigenvalue weighted by atomic mass is 9.78. The van der Waals surface area contributed by atoms with E-state index >= 15 is 0 Å². The smallest absolute Gasteiger partial charge is 0.310 e. The molecule has 2 rings (SSSR count). The van der Waals surface area contributed by atoms with Crippen LogP contribution in [-0.4, -0.2) is 24.6 Å². The van der Waals surface area contributed by atoms with Gasteiger partial charge in [0.25, 0.3) is 0 Å². The number of rotatable bonds is 11. The molecule has 0 spiro atoms. The fourth-order valence-electron chi connectivity index (χ4n) is 5.26. The van der Waals surface area contributed by atoms with Gasteiger partial charge in [0, 0.05) is 0 Å². The van der Waals surface area contributed by atoms with E-state index in [1.807, 2.05) is 0 Å². The van der Waals surface area contributed by atoms with E-state index in [2.05, 4.69) is 20.8 Å². The third-order valence-corrected chi connectivity index (χ3v) is 6.78. The minimum Gasteiger partial charge on any atom is -0.465 e. The number of esters is 2. The van der Waals surface area contributed by atoms with Crippen molar-refractivity contribution in [3.63, 3.8) is 0 Å². The molecule has 4 nitrogen and oxygen atoms in total. The number of carbonyl (C=O) groups excluding carboxylic acids is 2. The van der Waals surface area contributed by atoms with Crippen molar-refractivity contribution in [3.8, 4) is 0 Å². The maximum absolute atomic E-state index is 12.9. The van der Waals surface area contributed by atoms with Crippen molar-refractivity contribution in [1.29, 1.82) is 0 Å². The summed E-state index contributed by atoms with van der Waals surface area (Å²) in [7, 11) is 0. The van der Waals surface area contributed by atoms with Crippen LogP contribution in [0.4, 0.5) is 0 Å². The molecule has 2 saturated carbocycles. The summed E-state index contributed by atoms with van der Waals surface area (Å²) in [6.45, 7) is 7.19. The van der Waals surface area contributed by atoms with Crippen LogP contribution in [-0.2, 0) is 19.1 Å². The van der Waals surface area contributed by atoms with E-state index in [4.69, 9.17) is 9.47 Å². The Morgan fingerprint density at radius 1 is 0.759 bits per heavy atom. The monoisotopic (exact) mass is 408 g/mol. The second-order valence-corrected chi connectivity index (χ2v) is 9.76. The molecular weight excluding hydrogens is 364 g/mol. The third-order valence-electron chi connectivity index (χ3n) is 6.78. The number of ether oxygens (including phenoxy) is 2. The van der Waals surface area contributed by atoms with Gasteiger partial charge in [0.2, 0.25) is 0 Å². The predicted octanol–water partition coefficient (Wildman–Crippen LogP) is 6.45. The summed E-state index contributed by atoms with van der Waals surface area (Å²) in [5.74, 6) is 0.255. The summed E-state index contributed by atoms with van der Waals surface area (Å²) in [4.78, 5) is 25.5. The summed E-state index contributed by atoms with van der Waals surface area (Å²) >= 11 is 0. The number of carbonyl (C=O) groups is 2. The lowest BCUT2D eigenvalue weighted by Gasteiger charge is -2.34. The Morgan fingerprint density at radius 3 is 1.93 bits per heavy atom. The predicted molar refractivity (Wildman–Crippen MR) is 116 cm³/mol. The molecule has 0 saturated heterocycles. The lowest BCUT2D eigenvalue weighted by Crippen LogP contribution is -2.38. The van der Waals surface area contributed by atoms with Crippen LogP contribution in [0.25, 0.3) is 0 Å². The van der Waals surface area contributed by atoms with Gasteiger partial charge in [-0.15, -0.1) is 0 Å². The summed E-state index contributed by atoms with van der Waals surface area (Å²) < 4.78 is 11.5. The van der Waals surface area contributed by atoms with Gasteiger partial charge in [-0.25, -0.2) is 0 Å². The van der Waals surface area contributed by atoms with Gasteiger partial charge in [-0.1, -0.05) is 72.1 Å². The average molecular weight is 409 g/mol. The maximum Gasteiger partial charge on any atom is 0.310 e. The van der Waals surface area contributed by atoms with Gasteiger partial charge in [-0.2, -0.15) is 0 Å². The van der Waals surface area contributed by atoms with Crippen molar-refractivity contribution in [2.24, 2.45) is 23.7 Å². The van der Waals surface area contributed by atoms with Crippen molar-refractivity contribution in [2.45, 2.75) is 117 Å². The second-order valence-electron chi connectivity index (χ2n) is 9.76.